The number of morpholine rings is 1. The molecule has 1 aromatic heterocycles. The Morgan fingerprint density at radius 2 is 2.33 bits per heavy atom. The van der Waals surface area contributed by atoms with Gasteiger partial charge in [0, 0.05) is 17.2 Å². The second-order valence-corrected chi connectivity index (χ2v) is 5.39. The van der Waals surface area contributed by atoms with Gasteiger partial charge in [-0.2, -0.15) is 0 Å². The van der Waals surface area contributed by atoms with Crippen LogP contribution in [0.15, 0.2) is 16.7 Å². The third-order valence-corrected chi connectivity index (χ3v) is 3.61. The molecule has 0 aromatic carbocycles. The van der Waals surface area contributed by atoms with E-state index in [0.717, 1.165) is 0 Å². The molecule has 2 atom stereocenters. The van der Waals surface area contributed by atoms with Gasteiger partial charge in [0.2, 0.25) is 0 Å². The zero-order chi connectivity index (χ0) is 13.3. The average molecular weight is 314 g/mol. The first kappa shape index (κ1) is 13.3. The molecule has 2 rings (SSSR count). The fourth-order valence-electron chi connectivity index (χ4n) is 1.96. The minimum atomic E-state index is -0.0429. The Balaban J connectivity index is 2.27. The summed E-state index contributed by atoms with van der Waals surface area (Å²) >= 11 is 3.34. The quantitative estimate of drug-likeness (QED) is 0.856. The van der Waals surface area contributed by atoms with Gasteiger partial charge in [-0.05, 0) is 35.8 Å². The topological polar surface area (TPSA) is 68.5 Å². The second kappa shape index (κ2) is 5.24. The number of nitrogen functional groups attached to an aromatic ring is 1. The summed E-state index contributed by atoms with van der Waals surface area (Å²) in [7, 11) is 0. The molecule has 2 heterocycles. The van der Waals surface area contributed by atoms with Crippen LogP contribution in [0.1, 0.15) is 24.2 Å². The van der Waals surface area contributed by atoms with Crippen molar-refractivity contribution in [1.82, 2.24) is 9.88 Å². The number of carbonyl (C=O) groups excluding carboxylic acids is 1. The number of anilines is 1. The lowest BCUT2D eigenvalue weighted by atomic mass is 10.1. The number of hydrogen-bond acceptors (Lipinski definition) is 4. The molecule has 1 amide bonds. The molecule has 98 valence electrons. The van der Waals surface area contributed by atoms with Gasteiger partial charge in [0.1, 0.15) is 5.82 Å². The second-order valence-electron chi connectivity index (χ2n) is 4.54. The fourth-order valence-corrected chi connectivity index (χ4v) is 2.35. The molecule has 2 N–H and O–H groups in total. The molecule has 5 nitrogen and oxygen atoms in total. The van der Waals surface area contributed by atoms with E-state index < -0.39 is 0 Å². The first-order valence-electron chi connectivity index (χ1n) is 5.82. The monoisotopic (exact) mass is 313 g/mol. The minimum absolute atomic E-state index is 0.0429. The Morgan fingerprint density at radius 1 is 1.61 bits per heavy atom. The van der Waals surface area contributed by atoms with Crippen LogP contribution in [0.2, 0.25) is 0 Å². The Bertz CT molecular complexity index is 467. The van der Waals surface area contributed by atoms with E-state index in [1.165, 1.54) is 0 Å². The average Bonchev–Trinajstić information content (AvgIpc) is 2.34. The molecule has 1 aliphatic heterocycles. The van der Waals surface area contributed by atoms with E-state index >= 15 is 0 Å². The molecule has 0 bridgehead atoms. The van der Waals surface area contributed by atoms with Gasteiger partial charge in [-0.1, -0.05) is 0 Å². The zero-order valence-electron chi connectivity index (χ0n) is 10.4. The van der Waals surface area contributed by atoms with E-state index in [2.05, 4.69) is 20.9 Å². The molecular weight excluding hydrogens is 298 g/mol. The van der Waals surface area contributed by atoms with Crippen LogP contribution in [0.25, 0.3) is 0 Å². The third kappa shape index (κ3) is 2.64. The zero-order valence-corrected chi connectivity index (χ0v) is 12.0. The van der Waals surface area contributed by atoms with E-state index in [4.69, 9.17) is 10.5 Å². The number of rotatable bonds is 1. The van der Waals surface area contributed by atoms with Crippen molar-refractivity contribution in [2.24, 2.45) is 0 Å². The lowest BCUT2D eigenvalue weighted by Gasteiger charge is -2.37. The maximum atomic E-state index is 12.5. The fraction of sp³-hybridized carbons (Fsp3) is 0.500. The molecule has 1 aromatic rings. The van der Waals surface area contributed by atoms with Crippen LogP contribution >= 0.6 is 15.9 Å². The van der Waals surface area contributed by atoms with E-state index in [-0.39, 0.29) is 18.1 Å². The highest BCUT2D eigenvalue weighted by atomic mass is 79.9. The molecular formula is C12H16BrN3O2. The van der Waals surface area contributed by atoms with Crippen LogP contribution in [-0.2, 0) is 4.74 Å². The highest BCUT2D eigenvalue weighted by molar-refractivity contribution is 9.10. The van der Waals surface area contributed by atoms with Crippen LogP contribution < -0.4 is 5.73 Å². The van der Waals surface area contributed by atoms with Gasteiger partial charge in [0.25, 0.3) is 5.91 Å². The Hall–Kier alpha value is -1.14. The van der Waals surface area contributed by atoms with Crippen LogP contribution in [0.3, 0.4) is 0 Å². The van der Waals surface area contributed by atoms with Crippen molar-refractivity contribution in [2.45, 2.75) is 26.0 Å². The molecule has 1 fully saturated rings. The van der Waals surface area contributed by atoms with E-state index in [1.54, 1.807) is 12.3 Å². The van der Waals surface area contributed by atoms with Crippen molar-refractivity contribution in [1.29, 1.82) is 0 Å². The standard InChI is InChI=1S/C12H16BrN3O2/c1-7-6-18-8(2)5-16(7)12(17)9-3-11(14)15-4-10(9)13/h3-4,7-8H,5-6H2,1-2H3,(H2,14,15). The summed E-state index contributed by atoms with van der Waals surface area (Å²) < 4.78 is 6.18. The van der Waals surface area contributed by atoms with Gasteiger partial charge in [-0.25, -0.2) is 4.98 Å². The highest BCUT2D eigenvalue weighted by Gasteiger charge is 2.29. The Kier molecular flexibility index (Phi) is 3.87. The molecule has 2 unspecified atom stereocenters. The van der Waals surface area contributed by atoms with Crippen molar-refractivity contribution < 1.29 is 9.53 Å². The number of ether oxygens (including phenoxy) is 1. The van der Waals surface area contributed by atoms with E-state index in [0.29, 0.717) is 29.0 Å². The van der Waals surface area contributed by atoms with E-state index in [1.807, 2.05) is 18.7 Å². The van der Waals surface area contributed by atoms with Gasteiger partial charge in [0.05, 0.1) is 24.3 Å². The number of amides is 1. The summed E-state index contributed by atoms with van der Waals surface area (Å²) in [5, 5.41) is 0. The molecule has 18 heavy (non-hydrogen) atoms. The van der Waals surface area contributed by atoms with Crippen LogP contribution in [0.5, 0.6) is 0 Å². The van der Waals surface area contributed by atoms with Gasteiger partial charge < -0.3 is 15.4 Å². The SMILES string of the molecule is CC1CN(C(=O)c2cc(N)ncc2Br)C(C)CO1. The molecule has 0 radical (unpaired) electrons. The summed E-state index contributed by atoms with van der Waals surface area (Å²) in [4.78, 5) is 18.2. The third-order valence-electron chi connectivity index (χ3n) is 2.98. The molecule has 0 spiro atoms. The predicted molar refractivity (Wildman–Crippen MR) is 72.3 cm³/mol. The number of pyridine rings is 1. The Labute approximate surface area is 114 Å². The molecule has 1 aliphatic rings. The number of halogens is 1. The lowest BCUT2D eigenvalue weighted by Crippen LogP contribution is -2.50. The van der Waals surface area contributed by atoms with Crippen LogP contribution in [0.4, 0.5) is 5.82 Å². The van der Waals surface area contributed by atoms with Crippen molar-refractivity contribution in [2.75, 3.05) is 18.9 Å². The van der Waals surface area contributed by atoms with Gasteiger partial charge in [-0.15, -0.1) is 0 Å². The summed E-state index contributed by atoms with van der Waals surface area (Å²) in [5.74, 6) is 0.300. The maximum absolute atomic E-state index is 12.5. The lowest BCUT2D eigenvalue weighted by molar-refractivity contribution is -0.0387. The predicted octanol–water partition coefficient (Wildman–Crippen LogP) is 1.68. The van der Waals surface area contributed by atoms with Crippen molar-refractivity contribution in [3.63, 3.8) is 0 Å². The first-order chi connectivity index (χ1) is 8.49. The smallest absolute Gasteiger partial charge is 0.255 e. The molecule has 1 saturated heterocycles. The number of aromatic nitrogens is 1. The highest BCUT2D eigenvalue weighted by Crippen LogP contribution is 2.22. The number of carbonyl (C=O) groups is 1. The maximum Gasteiger partial charge on any atom is 0.255 e. The summed E-state index contributed by atoms with van der Waals surface area (Å²) in [6.07, 6.45) is 1.61. The van der Waals surface area contributed by atoms with Gasteiger partial charge >= 0.3 is 0 Å². The van der Waals surface area contributed by atoms with Gasteiger partial charge in [0.15, 0.2) is 0 Å². The number of nitrogens with zero attached hydrogens (tertiary/aromatic N) is 2. The molecule has 6 heteroatoms. The van der Waals surface area contributed by atoms with Crippen molar-refractivity contribution in [3.05, 3.63) is 22.3 Å². The number of hydrogen-bond donors (Lipinski definition) is 1. The summed E-state index contributed by atoms with van der Waals surface area (Å²) in [5.41, 5.74) is 6.17. The van der Waals surface area contributed by atoms with Crippen molar-refractivity contribution in [3.8, 4) is 0 Å². The number of nitrogens with two attached hydrogens (primary N) is 1. The van der Waals surface area contributed by atoms with Crippen molar-refractivity contribution >= 4 is 27.7 Å². The van der Waals surface area contributed by atoms with Gasteiger partial charge in [-0.3, -0.25) is 4.79 Å². The Morgan fingerprint density at radius 3 is 3.06 bits per heavy atom. The molecule has 0 aliphatic carbocycles. The van der Waals surface area contributed by atoms with Crippen LogP contribution in [-0.4, -0.2) is 41.1 Å². The summed E-state index contributed by atoms with van der Waals surface area (Å²) in [6.45, 7) is 5.09. The largest absolute Gasteiger partial charge is 0.384 e. The summed E-state index contributed by atoms with van der Waals surface area (Å²) in [6, 6.07) is 1.66. The molecule has 0 saturated carbocycles. The minimum Gasteiger partial charge on any atom is -0.384 e. The van der Waals surface area contributed by atoms with E-state index in [9.17, 15) is 4.79 Å². The van der Waals surface area contributed by atoms with Crippen LogP contribution in [0, 0.1) is 0 Å². The first-order valence-corrected chi connectivity index (χ1v) is 6.62. The normalized spacial score (nSPS) is 24.1.